The molecule has 1 saturated heterocycles. The molecule has 2 aliphatic rings. The SMILES string of the molecule is Cn1ccc([C@H]2CCNC[C@@H]2C(=O)N(Cc2cn(CC(C(F)(F)F)C(F)(F)F)c3ccccc23)C2CC2)cc1=O. The fourth-order valence-corrected chi connectivity index (χ4v) is 5.67. The Labute approximate surface area is 226 Å². The average Bonchev–Trinajstić information content (AvgIpc) is 3.68. The molecule has 1 aromatic carbocycles. The van der Waals surface area contributed by atoms with Gasteiger partial charge in [0, 0.05) is 62.1 Å². The van der Waals surface area contributed by atoms with E-state index in [2.05, 4.69) is 5.32 Å². The molecule has 2 aromatic heterocycles. The molecular weight excluding hydrogens is 538 g/mol. The van der Waals surface area contributed by atoms with Crippen LogP contribution < -0.4 is 10.9 Å². The lowest BCUT2D eigenvalue weighted by Crippen LogP contribution is -2.47. The number of amides is 1. The van der Waals surface area contributed by atoms with Gasteiger partial charge < -0.3 is 19.4 Å². The number of para-hydroxylation sites is 1. The van der Waals surface area contributed by atoms with E-state index >= 15 is 0 Å². The smallest absolute Gasteiger partial charge is 0.346 e. The van der Waals surface area contributed by atoms with E-state index in [1.807, 2.05) is 6.07 Å². The van der Waals surface area contributed by atoms with Crippen LogP contribution in [0.5, 0.6) is 0 Å². The van der Waals surface area contributed by atoms with E-state index in [1.54, 1.807) is 42.4 Å². The second-order valence-corrected chi connectivity index (χ2v) is 10.8. The number of rotatable bonds is 7. The topological polar surface area (TPSA) is 59.3 Å². The number of fused-ring (bicyclic) bond motifs is 1. The minimum Gasteiger partial charge on any atom is -0.346 e. The Bertz CT molecular complexity index is 1430. The number of piperidine rings is 1. The zero-order chi connectivity index (χ0) is 28.8. The van der Waals surface area contributed by atoms with Gasteiger partial charge in [-0.1, -0.05) is 18.2 Å². The number of aryl methyl sites for hydroxylation is 1. The van der Waals surface area contributed by atoms with Crippen LogP contribution in [0, 0.1) is 11.8 Å². The minimum absolute atomic E-state index is 0.0565. The van der Waals surface area contributed by atoms with Crippen molar-refractivity contribution >= 4 is 16.8 Å². The number of halogens is 6. The Hall–Kier alpha value is -3.28. The average molecular weight is 569 g/mol. The largest absolute Gasteiger partial charge is 0.402 e. The van der Waals surface area contributed by atoms with E-state index in [0.717, 1.165) is 23.0 Å². The maximum atomic E-state index is 14.0. The molecule has 6 nitrogen and oxygen atoms in total. The minimum atomic E-state index is -5.46. The molecule has 3 heterocycles. The fraction of sp³-hybridized carbons (Fsp3) is 0.500. The summed E-state index contributed by atoms with van der Waals surface area (Å²) in [6.45, 7) is -0.148. The lowest BCUT2D eigenvalue weighted by atomic mass is 9.80. The quantitative estimate of drug-likeness (QED) is 0.410. The molecule has 0 radical (unpaired) electrons. The molecule has 40 heavy (non-hydrogen) atoms. The molecule has 12 heteroatoms. The van der Waals surface area contributed by atoms with Gasteiger partial charge in [-0.2, -0.15) is 26.3 Å². The highest BCUT2D eigenvalue weighted by atomic mass is 19.4. The van der Waals surface area contributed by atoms with E-state index in [0.29, 0.717) is 30.5 Å². The number of carbonyl (C=O) groups excluding carboxylic acids is 1. The first-order chi connectivity index (χ1) is 18.8. The lowest BCUT2D eigenvalue weighted by Gasteiger charge is -2.35. The van der Waals surface area contributed by atoms with Gasteiger partial charge >= 0.3 is 12.4 Å². The van der Waals surface area contributed by atoms with Crippen LogP contribution in [-0.4, -0.2) is 51.4 Å². The molecule has 0 unspecified atom stereocenters. The van der Waals surface area contributed by atoms with Crippen LogP contribution in [0.2, 0.25) is 0 Å². The second-order valence-electron chi connectivity index (χ2n) is 10.8. The number of nitrogens with zero attached hydrogens (tertiary/aromatic N) is 3. The summed E-state index contributed by atoms with van der Waals surface area (Å²) in [5, 5.41) is 3.76. The van der Waals surface area contributed by atoms with Gasteiger partial charge in [-0.3, -0.25) is 9.59 Å². The number of alkyl halides is 6. The third-order valence-electron chi connectivity index (χ3n) is 8.01. The molecule has 0 spiro atoms. The number of hydrogen-bond acceptors (Lipinski definition) is 3. The van der Waals surface area contributed by atoms with Crippen molar-refractivity contribution < 1.29 is 31.1 Å². The molecule has 1 amide bonds. The highest BCUT2D eigenvalue weighted by molar-refractivity contribution is 5.85. The highest BCUT2D eigenvalue weighted by Crippen LogP contribution is 2.42. The standard InChI is InChI=1S/C28H30F6N4O2/c1-36-11-9-17(12-25(36)39)20-8-10-35-13-22(20)26(40)38(19-6-7-19)15-18-14-37(23-5-3-2-4-21(18)23)16-24(27(29,30)31)28(32,33)34/h2-5,9,11-12,14,19-20,22,24,35H,6-8,10,13,15-16H2,1H3/t20-,22+/m1/s1. The molecule has 1 saturated carbocycles. The molecule has 0 bridgehead atoms. The molecule has 2 fully saturated rings. The first kappa shape index (κ1) is 28.3. The summed E-state index contributed by atoms with van der Waals surface area (Å²) in [6, 6.07) is 9.69. The van der Waals surface area contributed by atoms with E-state index in [-0.39, 0.29) is 35.5 Å². The van der Waals surface area contributed by atoms with Crippen LogP contribution in [0.1, 0.15) is 36.3 Å². The number of pyridine rings is 1. The van der Waals surface area contributed by atoms with Crippen LogP contribution in [-0.2, 0) is 24.9 Å². The van der Waals surface area contributed by atoms with Crippen molar-refractivity contribution in [3.05, 3.63) is 70.3 Å². The van der Waals surface area contributed by atoms with Gasteiger partial charge in [0.05, 0.1) is 5.92 Å². The molecule has 3 aromatic rings. The summed E-state index contributed by atoms with van der Waals surface area (Å²) in [4.78, 5) is 28.0. The molecule has 216 valence electrons. The van der Waals surface area contributed by atoms with Gasteiger partial charge in [0.2, 0.25) is 5.91 Å². The molecule has 5 rings (SSSR count). The predicted octanol–water partition coefficient (Wildman–Crippen LogP) is 4.97. The van der Waals surface area contributed by atoms with Gasteiger partial charge in [-0.05, 0) is 55.0 Å². The van der Waals surface area contributed by atoms with Gasteiger partial charge in [-0.15, -0.1) is 0 Å². The summed E-state index contributed by atoms with van der Waals surface area (Å²) < 4.78 is 82.6. The van der Waals surface area contributed by atoms with Gasteiger partial charge in [0.25, 0.3) is 5.56 Å². The number of hydrogen-bond donors (Lipinski definition) is 1. The zero-order valence-electron chi connectivity index (χ0n) is 21.8. The van der Waals surface area contributed by atoms with E-state index in [9.17, 15) is 35.9 Å². The van der Waals surface area contributed by atoms with Gasteiger partial charge in [0.1, 0.15) is 0 Å². The first-order valence-electron chi connectivity index (χ1n) is 13.2. The van der Waals surface area contributed by atoms with Crippen molar-refractivity contribution in [1.82, 2.24) is 19.4 Å². The van der Waals surface area contributed by atoms with Crippen molar-refractivity contribution in [2.45, 2.75) is 56.7 Å². The molecule has 1 N–H and O–H groups in total. The van der Waals surface area contributed by atoms with E-state index in [1.165, 1.54) is 16.8 Å². The van der Waals surface area contributed by atoms with Crippen LogP contribution in [0.15, 0.2) is 53.6 Å². The molecule has 1 aliphatic carbocycles. The first-order valence-corrected chi connectivity index (χ1v) is 13.2. The van der Waals surface area contributed by atoms with Crippen LogP contribution >= 0.6 is 0 Å². The third kappa shape index (κ3) is 5.77. The van der Waals surface area contributed by atoms with Crippen molar-refractivity contribution in [1.29, 1.82) is 0 Å². The molecule has 2 atom stereocenters. The van der Waals surface area contributed by atoms with Gasteiger partial charge in [-0.25, -0.2) is 0 Å². The zero-order valence-corrected chi connectivity index (χ0v) is 21.8. The summed E-state index contributed by atoms with van der Waals surface area (Å²) in [7, 11) is 1.65. The summed E-state index contributed by atoms with van der Waals surface area (Å²) >= 11 is 0. The van der Waals surface area contributed by atoms with E-state index in [4.69, 9.17) is 0 Å². The summed E-state index contributed by atoms with van der Waals surface area (Å²) in [5.74, 6) is -4.31. The Morgan fingerprint density at radius 3 is 2.42 bits per heavy atom. The number of benzene rings is 1. The van der Waals surface area contributed by atoms with Crippen molar-refractivity contribution in [3.8, 4) is 0 Å². The van der Waals surface area contributed by atoms with Crippen molar-refractivity contribution in [3.63, 3.8) is 0 Å². The predicted molar refractivity (Wildman–Crippen MR) is 137 cm³/mol. The van der Waals surface area contributed by atoms with Gasteiger partial charge in [0.15, 0.2) is 5.92 Å². The Morgan fingerprint density at radius 2 is 1.77 bits per heavy atom. The normalized spacial score (nSPS) is 20.3. The second kappa shape index (κ2) is 10.6. The Balaban J connectivity index is 1.46. The Kier molecular flexibility index (Phi) is 7.49. The number of aromatic nitrogens is 2. The van der Waals surface area contributed by atoms with E-state index < -0.39 is 30.7 Å². The Morgan fingerprint density at radius 1 is 1.07 bits per heavy atom. The maximum Gasteiger partial charge on any atom is 0.402 e. The summed E-state index contributed by atoms with van der Waals surface area (Å²) in [5.41, 5.74) is 1.34. The summed E-state index contributed by atoms with van der Waals surface area (Å²) in [6.07, 6.45) is -5.74. The maximum absolute atomic E-state index is 14.0. The highest BCUT2D eigenvalue weighted by Gasteiger charge is 2.56. The molecular formula is C28H30F6N4O2. The van der Waals surface area contributed by atoms with Crippen LogP contribution in [0.25, 0.3) is 10.9 Å². The third-order valence-corrected chi connectivity index (χ3v) is 8.01. The number of nitrogens with one attached hydrogen (secondary N) is 1. The molecule has 1 aliphatic heterocycles. The van der Waals surface area contributed by atoms with Crippen LogP contribution in [0.3, 0.4) is 0 Å². The fourth-order valence-electron chi connectivity index (χ4n) is 5.67. The monoisotopic (exact) mass is 568 g/mol. The lowest BCUT2D eigenvalue weighted by molar-refractivity contribution is -0.287. The van der Waals surface area contributed by atoms with Crippen molar-refractivity contribution in [2.75, 3.05) is 13.1 Å². The number of carbonyl (C=O) groups is 1. The van der Waals surface area contributed by atoms with Crippen molar-refractivity contribution in [2.24, 2.45) is 18.9 Å². The van der Waals surface area contributed by atoms with Crippen LogP contribution in [0.4, 0.5) is 26.3 Å².